The largest absolute Gasteiger partial charge is 0.467 e. The molecule has 1 heterocycles. The number of thioether (sulfide) groups is 1. The first kappa shape index (κ1) is 15.7. The number of amides is 1. The van der Waals surface area contributed by atoms with Crippen LogP contribution in [0.3, 0.4) is 0 Å². The minimum atomic E-state index is -3.18. The van der Waals surface area contributed by atoms with Gasteiger partial charge in [0, 0.05) is 11.2 Å². The van der Waals surface area contributed by atoms with Crippen LogP contribution in [-0.4, -0.2) is 26.3 Å². The number of nitrogens with one attached hydrogen (secondary N) is 1. The maximum absolute atomic E-state index is 11.7. The third-order valence-electron chi connectivity index (χ3n) is 2.66. The fourth-order valence-electron chi connectivity index (χ4n) is 1.58. The van der Waals surface area contributed by atoms with E-state index in [9.17, 15) is 13.2 Å². The van der Waals surface area contributed by atoms with Gasteiger partial charge in [-0.05, 0) is 36.4 Å². The summed E-state index contributed by atoms with van der Waals surface area (Å²) >= 11 is 1.35. The lowest BCUT2D eigenvalue weighted by molar-refractivity contribution is -0.118. The normalized spacial score (nSPS) is 11.3. The van der Waals surface area contributed by atoms with Crippen molar-refractivity contribution in [1.82, 2.24) is 5.32 Å². The van der Waals surface area contributed by atoms with Gasteiger partial charge in [-0.15, -0.1) is 11.8 Å². The van der Waals surface area contributed by atoms with Crippen LogP contribution < -0.4 is 5.32 Å². The second-order valence-electron chi connectivity index (χ2n) is 4.39. The first-order chi connectivity index (χ1) is 9.95. The number of carbonyl (C=O) groups is 1. The molecule has 0 atom stereocenters. The molecule has 0 saturated heterocycles. The van der Waals surface area contributed by atoms with Crippen LogP contribution in [0.1, 0.15) is 5.76 Å². The predicted octanol–water partition coefficient (Wildman–Crippen LogP) is 2.09. The summed E-state index contributed by atoms with van der Waals surface area (Å²) in [7, 11) is -3.18. The molecule has 0 aliphatic carbocycles. The van der Waals surface area contributed by atoms with Crippen molar-refractivity contribution >= 4 is 27.5 Å². The Bertz CT molecular complexity index is 691. The summed E-state index contributed by atoms with van der Waals surface area (Å²) in [6.45, 7) is 0.361. The Morgan fingerprint density at radius 3 is 2.52 bits per heavy atom. The van der Waals surface area contributed by atoms with Crippen molar-refractivity contribution < 1.29 is 17.6 Å². The second kappa shape index (κ2) is 6.82. The number of hydrogen-bond acceptors (Lipinski definition) is 5. The molecule has 1 aromatic carbocycles. The highest BCUT2D eigenvalue weighted by Crippen LogP contribution is 2.20. The Morgan fingerprint density at radius 1 is 1.24 bits per heavy atom. The Hall–Kier alpha value is -1.73. The molecule has 0 aliphatic heterocycles. The molecular weight excluding hydrogens is 310 g/mol. The molecule has 1 amide bonds. The van der Waals surface area contributed by atoms with Crippen molar-refractivity contribution in [2.24, 2.45) is 0 Å². The minimum absolute atomic E-state index is 0.108. The number of sulfone groups is 1. The van der Waals surface area contributed by atoms with E-state index in [-0.39, 0.29) is 16.6 Å². The molecule has 1 N–H and O–H groups in total. The smallest absolute Gasteiger partial charge is 0.230 e. The van der Waals surface area contributed by atoms with Gasteiger partial charge in [-0.3, -0.25) is 4.79 Å². The minimum Gasteiger partial charge on any atom is -0.467 e. The van der Waals surface area contributed by atoms with Gasteiger partial charge in [-0.2, -0.15) is 0 Å². The van der Waals surface area contributed by atoms with Crippen LogP contribution in [0.4, 0.5) is 0 Å². The van der Waals surface area contributed by atoms with E-state index in [4.69, 9.17) is 4.42 Å². The molecule has 0 bridgehead atoms. The monoisotopic (exact) mass is 325 g/mol. The van der Waals surface area contributed by atoms with Gasteiger partial charge < -0.3 is 9.73 Å². The van der Waals surface area contributed by atoms with Crippen molar-refractivity contribution in [3.63, 3.8) is 0 Å². The third kappa shape index (κ3) is 4.95. The van der Waals surface area contributed by atoms with Gasteiger partial charge in [0.1, 0.15) is 5.76 Å². The highest BCUT2D eigenvalue weighted by Gasteiger charge is 2.07. The molecule has 0 fully saturated rings. The molecule has 2 aromatic rings. The molecule has 0 unspecified atom stereocenters. The van der Waals surface area contributed by atoms with E-state index >= 15 is 0 Å². The van der Waals surface area contributed by atoms with Crippen LogP contribution >= 0.6 is 11.8 Å². The molecule has 0 spiro atoms. The quantitative estimate of drug-likeness (QED) is 0.823. The summed E-state index contributed by atoms with van der Waals surface area (Å²) in [5.74, 6) is 0.855. The Kier molecular flexibility index (Phi) is 5.08. The number of rotatable bonds is 6. The summed E-state index contributed by atoms with van der Waals surface area (Å²) in [4.78, 5) is 12.8. The topological polar surface area (TPSA) is 76.4 Å². The summed E-state index contributed by atoms with van der Waals surface area (Å²) in [6, 6.07) is 10.0. The van der Waals surface area contributed by atoms with Crippen molar-refractivity contribution in [2.45, 2.75) is 16.3 Å². The average Bonchev–Trinajstić information content (AvgIpc) is 2.95. The lowest BCUT2D eigenvalue weighted by Gasteiger charge is -2.04. The fraction of sp³-hybridized carbons (Fsp3) is 0.214. The van der Waals surface area contributed by atoms with Crippen LogP contribution in [0.15, 0.2) is 56.9 Å². The van der Waals surface area contributed by atoms with Crippen molar-refractivity contribution in [2.75, 3.05) is 12.0 Å². The van der Waals surface area contributed by atoms with Gasteiger partial charge in [0.25, 0.3) is 0 Å². The van der Waals surface area contributed by atoms with Gasteiger partial charge in [0.05, 0.1) is 23.5 Å². The average molecular weight is 325 g/mol. The zero-order valence-electron chi connectivity index (χ0n) is 11.4. The fourth-order valence-corrected chi connectivity index (χ4v) is 2.94. The van der Waals surface area contributed by atoms with Crippen LogP contribution in [0.25, 0.3) is 0 Å². The maximum atomic E-state index is 11.7. The number of furan rings is 1. The van der Waals surface area contributed by atoms with Gasteiger partial charge >= 0.3 is 0 Å². The first-order valence-corrected chi connectivity index (χ1v) is 9.05. The molecule has 5 nitrogen and oxygen atoms in total. The second-order valence-corrected chi connectivity index (χ2v) is 7.45. The molecule has 0 saturated carbocycles. The van der Waals surface area contributed by atoms with E-state index in [0.29, 0.717) is 12.3 Å². The molecule has 112 valence electrons. The van der Waals surface area contributed by atoms with E-state index in [1.54, 1.807) is 42.7 Å². The molecule has 0 radical (unpaired) electrons. The van der Waals surface area contributed by atoms with Gasteiger partial charge in [-0.25, -0.2) is 8.42 Å². The van der Waals surface area contributed by atoms with Crippen LogP contribution in [0.2, 0.25) is 0 Å². The lowest BCUT2D eigenvalue weighted by Crippen LogP contribution is -2.24. The highest BCUT2D eigenvalue weighted by atomic mass is 32.2. The Balaban J connectivity index is 1.81. The number of benzene rings is 1. The van der Waals surface area contributed by atoms with E-state index in [1.165, 1.54) is 11.8 Å². The molecule has 1 aromatic heterocycles. The number of hydrogen-bond donors (Lipinski definition) is 1. The van der Waals surface area contributed by atoms with Gasteiger partial charge in [0.15, 0.2) is 9.84 Å². The zero-order valence-corrected chi connectivity index (χ0v) is 13.0. The third-order valence-corrected chi connectivity index (χ3v) is 4.80. The summed E-state index contributed by atoms with van der Waals surface area (Å²) in [5, 5.41) is 2.74. The molecule has 2 rings (SSSR count). The van der Waals surface area contributed by atoms with Gasteiger partial charge in [-0.1, -0.05) is 0 Å². The molecule has 0 aliphatic rings. The van der Waals surface area contributed by atoms with E-state index in [2.05, 4.69) is 5.32 Å². The number of carbonyl (C=O) groups excluding carboxylic acids is 1. The molecular formula is C14H15NO4S2. The summed E-state index contributed by atoms with van der Waals surface area (Å²) < 4.78 is 27.8. The first-order valence-electron chi connectivity index (χ1n) is 6.17. The summed E-state index contributed by atoms with van der Waals surface area (Å²) in [6.07, 6.45) is 2.72. The molecule has 7 heteroatoms. The predicted molar refractivity (Wildman–Crippen MR) is 80.8 cm³/mol. The zero-order chi connectivity index (χ0) is 15.3. The van der Waals surface area contributed by atoms with E-state index in [0.717, 1.165) is 11.2 Å². The van der Waals surface area contributed by atoms with Crippen molar-refractivity contribution in [3.8, 4) is 0 Å². The standard InChI is InChI=1S/C14H15NO4S2/c1-21(17,18)13-6-4-12(5-7-13)20-10-14(16)15-9-11-3-2-8-19-11/h2-8H,9-10H2,1H3,(H,15,16). The Morgan fingerprint density at radius 2 is 1.95 bits per heavy atom. The van der Waals surface area contributed by atoms with Crippen LogP contribution in [0, 0.1) is 0 Å². The van der Waals surface area contributed by atoms with Crippen LogP contribution in [0.5, 0.6) is 0 Å². The highest BCUT2D eigenvalue weighted by molar-refractivity contribution is 8.00. The lowest BCUT2D eigenvalue weighted by atomic mass is 10.4. The van der Waals surface area contributed by atoms with Crippen molar-refractivity contribution in [1.29, 1.82) is 0 Å². The van der Waals surface area contributed by atoms with Gasteiger partial charge in [0.2, 0.25) is 5.91 Å². The Labute approximate surface area is 127 Å². The van der Waals surface area contributed by atoms with E-state index in [1.807, 2.05) is 0 Å². The molecule has 21 heavy (non-hydrogen) atoms. The van der Waals surface area contributed by atoms with E-state index < -0.39 is 9.84 Å². The van der Waals surface area contributed by atoms with Crippen LogP contribution in [-0.2, 0) is 21.2 Å². The van der Waals surface area contributed by atoms with Crippen molar-refractivity contribution in [3.05, 3.63) is 48.4 Å². The SMILES string of the molecule is CS(=O)(=O)c1ccc(SCC(=O)NCc2ccco2)cc1. The maximum Gasteiger partial charge on any atom is 0.230 e. The summed E-state index contributed by atoms with van der Waals surface area (Å²) in [5.41, 5.74) is 0.